The lowest BCUT2D eigenvalue weighted by molar-refractivity contribution is -0.144. The van der Waals surface area contributed by atoms with E-state index in [9.17, 15) is 28.8 Å². The number of carbonyl (C=O) groups is 6. The van der Waals surface area contributed by atoms with E-state index in [1.165, 1.54) is 6.92 Å². The topological polar surface area (TPSA) is 225 Å². The van der Waals surface area contributed by atoms with E-state index >= 15 is 0 Å². The van der Waals surface area contributed by atoms with Gasteiger partial charge >= 0.3 is 17.9 Å². The van der Waals surface area contributed by atoms with Crippen LogP contribution in [-0.2, 0) is 28.8 Å². The van der Waals surface area contributed by atoms with E-state index in [1.807, 2.05) is 5.32 Å². The van der Waals surface area contributed by atoms with Crippen molar-refractivity contribution in [2.75, 3.05) is 5.75 Å². The number of hydrogen-bond acceptors (Lipinski definition) is 8. The minimum absolute atomic E-state index is 0.192. The summed E-state index contributed by atoms with van der Waals surface area (Å²) in [5, 5.41) is 33.0. The second-order valence-corrected chi connectivity index (χ2v) is 6.39. The summed E-state index contributed by atoms with van der Waals surface area (Å²) in [7, 11) is 0. The Bertz CT molecular complexity index is 656. The van der Waals surface area contributed by atoms with Crippen LogP contribution < -0.4 is 21.7 Å². The lowest BCUT2D eigenvalue weighted by atomic mass is 10.1. The van der Waals surface area contributed by atoms with Gasteiger partial charge in [0, 0.05) is 12.2 Å². The van der Waals surface area contributed by atoms with E-state index in [0.29, 0.717) is 0 Å². The summed E-state index contributed by atoms with van der Waals surface area (Å²) < 4.78 is 0. The van der Waals surface area contributed by atoms with Crippen LogP contribution in [0.5, 0.6) is 0 Å². The Morgan fingerprint density at radius 3 is 1.72 bits per heavy atom. The smallest absolute Gasteiger partial charge is 0.326 e. The van der Waals surface area contributed by atoms with Gasteiger partial charge in [-0.15, -0.1) is 0 Å². The number of carboxylic acids is 3. The monoisotopic (exact) mass is 436 g/mol. The van der Waals surface area contributed by atoms with Crippen molar-refractivity contribution in [2.24, 2.45) is 5.73 Å². The van der Waals surface area contributed by atoms with Crippen molar-refractivity contribution in [1.29, 1.82) is 0 Å². The van der Waals surface area contributed by atoms with Crippen molar-refractivity contribution < 1.29 is 44.1 Å². The third kappa shape index (κ3) is 10.3. The quantitative estimate of drug-likeness (QED) is 0.138. The van der Waals surface area contributed by atoms with E-state index in [0.717, 1.165) is 0 Å². The summed E-state index contributed by atoms with van der Waals surface area (Å²) in [4.78, 5) is 69.0. The minimum Gasteiger partial charge on any atom is -0.481 e. The molecular formula is C15H24N4O9S. The summed E-state index contributed by atoms with van der Waals surface area (Å²) in [6.07, 6.45) is -1.89. The molecular weight excluding hydrogens is 412 g/mol. The second-order valence-electron chi connectivity index (χ2n) is 6.02. The first-order chi connectivity index (χ1) is 13.4. The average molecular weight is 436 g/mol. The molecule has 0 bridgehead atoms. The summed E-state index contributed by atoms with van der Waals surface area (Å²) in [5.74, 6) is -7.24. The van der Waals surface area contributed by atoms with Crippen molar-refractivity contribution in [3.8, 4) is 0 Å². The van der Waals surface area contributed by atoms with Crippen molar-refractivity contribution >= 4 is 48.3 Å². The van der Waals surface area contributed by atoms with E-state index in [2.05, 4.69) is 23.3 Å². The normalized spacial score (nSPS) is 14.6. The first kappa shape index (κ1) is 26.1. The van der Waals surface area contributed by atoms with Gasteiger partial charge in [-0.25, -0.2) is 4.79 Å². The summed E-state index contributed by atoms with van der Waals surface area (Å²) in [6, 6.07) is -5.46. The Morgan fingerprint density at radius 1 is 0.828 bits per heavy atom. The standard InChI is InChI=1S/C15H24N4O9S/c1-6(16)12(24)19-9(5-29)14(26)18-8(4-11(22)23)13(25)17-7(15(27)28)2-3-10(20)21/h6-9,29H,2-5,16H2,1H3,(H,17,25)(H,18,26)(H,19,24)(H,20,21)(H,22,23)(H,27,28). The summed E-state index contributed by atoms with van der Waals surface area (Å²) in [6.45, 7) is 1.37. The van der Waals surface area contributed by atoms with Gasteiger partial charge in [0.15, 0.2) is 0 Å². The predicted molar refractivity (Wildman–Crippen MR) is 100 cm³/mol. The van der Waals surface area contributed by atoms with Crippen LogP contribution in [0, 0.1) is 0 Å². The van der Waals surface area contributed by atoms with Crippen LogP contribution in [0.25, 0.3) is 0 Å². The van der Waals surface area contributed by atoms with E-state index in [1.54, 1.807) is 0 Å². The second kappa shape index (κ2) is 12.6. The molecule has 4 atom stereocenters. The molecule has 4 unspecified atom stereocenters. The molecule has 0 fully saturated rings. The zero-order valence-electron chi connectivity index (χ0n) is 15.5. The number of nitrogens with one attached hydrogen (secondary N) is 3. The number of carbonyl (C=O) groups excluding carboxylic acids is 3. The van der Waals surface area contributed by atoms with Crippen LogP contribution in [0.15, 0.2) is 0 Å². The minimum atomic E-state index is -1.68. The Balaban J connectivity index is 5.25. The van der Waals surface area contributed by atoms with Crippen molar-refractivity contribution in [1.82, 2.24) is 16.0 Å². The van der Waals surface area contributed by atoms with Crippen LogP contribution in [-0.4, -0.2) is 80.9 Å². The molecule has 3 amide bonds. The van der Waals surface area contributed by atoms with Crippen molar-refractivity contribution in [2.45, 2.75) is 50.4 Å². The largest absolute Gasteiger partial charge is 0.481 e. The van der Waals surface area contributed by atoms with Gasteiger partial charge in [0.2, 0.25) is 17.7 Å². The molecule has 0 rings (SSSR count). The lowest BCUT2D eigenvalue weighted by Gasteiger charge is -2.23. The molecule has 13 nitrogen and oxygen atoms in total. The number of amides is 3. The van der Waals surface area contributed by atoms with Gasteiger partial charge in [-0.1, -0.05) is 0 Å². The highest BCUT2D eigenvalue weighted by Crippen LogP contribution is 2.02. The summed E-state index contributed by atoms with van der Waals surface area (Å²) >= 11 is 3.90. The fraction of sp³-hybridized carbons (Fsp3) is 0.600. The third-order valence-electron chi connectivity index (χ3n) is 3.50. The first-order valence-corrected chi connectivity index (χ1v) is 8.96. The maximum Gasteiger partial charge on any atom is 0.326 e. The first-order valence-electron chi connectivity index (χ1n) is 8.33. The van der Waals surface area contributed by atoms with Gasteiger partial charge < -0.3 is 37.0 Å². The van der Waals surface area contributed by atoms with Crippen molar-refractivity contribution in [3.05, 3.63) is 0 Å². The zero-order valence-corrected chi connectivity index (χ0v) is 16.3. The van der Waals surface area contributed by atoms with Crippen LogP contribution in [0.1, 0.15) is 26.2 Å². The Hall–Kier alpha value is -2.87. The third-order valence-corrected chi connectivity index (χ3v) is 3.87. The molecule has 0 aromatic heterocycles. The number of nitrogens with two attached hydrogens (primary N) is 1. The van der Waals surface area contributed by atoms with Gasteiger partial charge in [0.05, 0.1) is 12.5 Å². The average Bonchev–Trinajstić information content (AvgIpc) is 2.60. The molecule has 0 aliphatic carbocycles. The van der Waals surface area contributed by atoms with Crippen LogP contribution in [0.2, 0.25) is 0 Å². The highest BCUT2D eigenvalue weighted by molar-refractivity contribution is 7.80. The highest BCUT2D eigenvalue weighted by atomic mass is 32.1. The molecule has 0 spiro atoms. The van der Waals surface area contributed by atoms with E-state index < -0.39 is 79.1 Å². The molecule has 164 valence electrons. The molecule has 8 N–H and O–H groups in total. The number of carboxylic acid groups (broad SMARTS) is 3. The number of rotatable bonds is 13. The van der Waals surface area contributed by atoms with Gasteiger partial charge in [-0.2, -0.15) is 12.6 Å². The van der Waals surface area contributed by atoms with Crippen LogP contribution in [0.4, 0.5) is 0 Å². The molecule has 0 radical (unpaired) electrons. The van der Waals surface area contributed by atoms with Crippen molar-refractivity contribution in [3.63, 3.8) is 0 Å². The molecule has 0 saturated heterocycles. The lowest BCUT2D eigenvalue weighted by Crippen LogP contribution is -2.57. The Labute approximate surface area is 170 Å². The number of thiol groups is 1. The molecule has 0 aliphatic rings. The molecule has 14 heteroatoms. The van der Waals surface area contributed by atoms with Gasteiger partial charge in [-0.05, 0) is 13.3 Å². The van der Waals surface area contributed by atoms with E-state index in [4.69, 9.17) is 21.1 Å². The fourth-order valence-electron chi connectivity index (χ4n) is 1.95. The number of hydrogen-bond donors (Lipinski definition) is 8. The van der Waals surface area contributed by atoms with Crippen LogP contribution in [0.3, 0.4) is 0 Å². The zero-order chi connectivity index (χ0) is 22.7. The highest BCUT2D eigenvalue weighted by Gasteiger charge is 2.31. The summed E-state index contributed by atoms with van der Waals surface area (Å²) in [5.41, 5.74) is 5.38. The van der Waals surface area contributed by atoms with Gasteiger partial charge in [0.1, 0.15) is 18.1 Å². The molecule has 0 aromatic rings. The number of aliphatic carboxylic acids is 3. The molecule has 29 heavy (non-hydrogen) atoms. The fourth-order valence-corrected chi connectivity index (χ4v) is 2.21. The van der Waals surface area contributed by atoms with E-state index in [-0.39, 0.29) is 5.75 Å². The van der Waals surface area contributed by atoms with Gasteiger partial charge in [-0.3, -0.25) is 24.0 Å². The predicted octanol–water partition coefficient (Wildman–Crippen LogP) is -2.86. The molecule has 0 aliphatic heterocycles. The SMILES string of the molecule is CC(N)C(=O)NC(CS)C(=O)NC(CC(=O)O)C(=O)NC(CCC(=O)O)C(=O)O. The maximum absolute atomic E-state index is 12.3. The Morgan fingerprint density at radius 2 is 1.31 bits per heavy atom. The molecule has 0 aromatic carbocycles. The molecule has 0 heterocycles. The Kier molecular flexibility index (Phi) is 11.3. The molecule has 0 saturated carbocycles. The van der Waals surface area contributed by atoms with Crippen LogP contribution >= 0.6 is 12.6 Å². The van der Waals surface area contributed by atoms with Gasteiger partial charge in [0.25, 0.3) is 0 Å². The maximum atomic E-state index is 12.3.